The summed E-state index contributed by atoms with van der Waals surface area (Å²) in [5.41, 5.74) is 0.803. The number of carbonyl (C=O) groups is 2. The van der Waals surface area contributed by atoms with Crippen molar-refractivity contribution in [2.45, 2.75) is 0 Å². The van der Waals surface area contributed by atoms with Gasteiger partial charge in [0.2, 0.25) is 5.95 Å². The highest BCUT2D eigenvalue weighted by Gasteiger charge is 2.11. The first-order chi connectivity index (χ1) is 9.11. The lowest BCUT2D eigenvalue weighted by atomic mass is 10.1. The summed E-state index contributed by atoms with van der Waals surface area (Å²) in [5.74, 6) is -0.245. The van der Waals surface area contributed by atoms with Gasteiger partial charge in [-0.2, -0.15) is 0 Å². The number of nitrogens with one attached hydrogen (secondary N) is 2. The number of hydrogen-bond donors (Lipinski definition) is 2. The maximum absolute atomic E-state index is 12.0. The predicted octanol–water partition coefficient (Wildman–Crippen LogP) is 0.427. The van der Waals surface area contributed by atoms with E-state index in [4.69, 9.17) is 0 Å². The molecule has 0 aliphatic heterocycles. The lowest BCUT2D eigenvalue weighted by Crippen LogP contribution is -2.19. The first kappa shape index (κ1) is 12.7. The molecule has 2 N–H and O–H groups in total. The molecule has 0 spiro atoms. The van der Waals surface area contributed by atoms with Gasteiger partial charge in [0.15, 0.2) is 0 Å². The van der Waals surface area contributed by atoms with Crippen LogP contribution < -0.4 is 10.6 Å². The van der Waals surface area contributed by atoms with E-state index in [0.29, 0.717) is 17.1 Å². The standard InChI is InChI=1S/C12H13N5O2/c1-13-10(18)8-4-3-5-9(6-8)11(19)15-12-16-14-7-17(12)2/h3-7H,1-2H3,(H,13,18)(H,15,16,19). The second-order valence-electron chi connectivity index (χ2n) is 3.88. The molecule has 1 heterocycles. The molecule has 19 heavy (non-hydrogen) atoms. The molecule has 2 aromatic rings. The highest BCUT2D eigenvalue weighted by Crippen LogP contribution is 2.08. The van der Waals surface area contributed by atoms with Crippen LogP contribution in [0.1, 0.15) is 20.7 Å². The van der Waals surface area contributed by atoms with Gasteiger partial charge < -0.3 is 9.88 Å². The third-order valence-electron chi connectivity index (χ3n) is 2.55. The van der Waals surface area contributed by atoms with E-state index in [1.165, 1.54) is 19.4 Å². The number of hydrogen-bond acceptors (Lipinski definition) is 4. The van der Waals surface area contributed by atoms with Gasteiger partial charge in [0, 0.05) is 25.2 Å². The lowest BCUT2D eigenvalue weighted by Gasteiger charge is -2.05. The highest BCUT2D eigenvalue weighted by molar-refractivity contribution is 6.05. The number of anilines is 1. The molecular formula is C12H13N5O2. The van der Waals surface area contributed by atoms with Gasteiger partial charge >= 0.3 is 0 Å². The number of carbonyl (C=O) groups excluding carboxylic acids is 2. The smallest absolute Gasteiger partial charge is 0.258 e. The van der Waals surface area contributed by atoms with Gasteiger partial charge in [-0.3, -0.25) is 14.9 Å². The van der Waals surface area contributed by atoms with Gasteiger partial charge in [0.05, 0.1) is 0 Å². The fourth-order valence-corrected chi connectivity index (χ4v) is 1.52. The second kappa shape index (κ2) is 5.30. The Morgan fingerprint density at radius 3 is 2.47 bits per heavy atom. The van der Waals surface area contributed by atoms with E-state index >= 15 is 0 Å². The Hall–Kier alpha value is -2.70. The molecule has 2 amide bonds. The molecular weight excluding hydrogens is 246 g/mol. The minimum absolute atomic E-state index is 0.242. The Morgan fingerprint density at radius 2 is 1.89 bits per heavy atom. The molecule has 0 saturated carbocycles. The molecule has 7 nitrogen and oxygen atoms in total. The number of benzene rings is 1. The Labute approximate surface area is 109 Å². The van der Waals surface area contributed by atoms with Crippen LogP contribution in [0.2, 0.25) is 0 Å². The molecule has 0 saturated heterocycles. The molecule has 7 heteroatoms. The fourth-order valence-electron chi connectivity index (χ4n) is 1.52. The largest absolute Gasteiger partial charge is 0.355 e. The lowest BCUT2D eigenvalue weighted by molar-refractivity contribution is 0.0963. The summed E-state index contributed by atoms with van der Waals surface area (Å²) < 4.78 is 1.58. The molecule has 0 bridgehead atoms. The molecule has 0 radical (unpaired) electrons. The molecule has 0 atom stereocenters. The predicted molar refractivity (Wildman–Crippen MR) is 68.8 cm³/mol. The summed E-state index contributed by atoms with van der Waals surface area (Å²) in [6.45, 7) is 0. The minimum atomic E-state index is -0.346. The number of nitrogens with zero attached hydrogens (tertiary/aromatic N) is 3. The molecule has 0 unspecified atom stereocenters. The third-order valence-corrected chi connectivity index (χ3v) is 2.55. The summed E-state index contributed by atoms with van der Waals surface area (Å²) in [4.78, 5) is 23.5. The first-order valence-corrected chi connectivity index (χ1v) is 5.59. The van der Waals surface area contributed by atoms with Crippen LogP contribution in [0, 0.1) is 0 Å². The fraction of sp³-hybridized carbons (Fsp3) is 0.167. The van der Waals surface area contributed by atoms with E-state index in [-0.39, 0.29) is 11.8 Å². The van der Waals surface area contributed by atoms with Gasteiger partial charge in [-0.1, -0.05) is 6.07 Å². The number of rotatable bonds is 3. The topological polar surface area (TPSA) is 88.9 Å². The maximum atomic E-state index is 12.0. The van der Waals surface area contributed by atoms with Crippen molar-refractivity contribution in [2.24, 2.45) is 7.05 Å². The Balaban J connectivity index is 2.20. The molecule has 98 valence electrons. The number of aromatic nitrogens is 3. The molecule has 0 aliphatic rings. The zero-order valence-electron chi connectivity index (χ0n) is 10.5. The van der Waals surface area contributed by atoms with E-state index < -0.39 is 0 Å². The van der Waals surface area contributed by atoms with Crippen molar-refractivity contribution in [1.82, 2.24) is 20.1 Å². The van der Waals surface area contributed by atoms with Crippen LogP contribution in [0.3, 0.4) is 0 Å². The summed E-state index contributed by atoms with van der Waals surface area (Å²) >= 11 is 0. The van der Waals surface area contributed by atoms with Crippen molar-refractivity contribution in [2.75, 3.05) is 12.4 Å². The molecule has 2 rings (SSSR count). The summed E-state index contributed by atoms with van der Waals surface area (Å²) in [6.07, 6.45) is 1.48. The van der Waals surface area contributed by atoms with Crippen LogP contribution in [0.25, 0.3) is 0 Å². The van der Waals surface area contributed by atoms with E-state index in [0.717, 1.165) is 0 Å². The Morgan fingerprint density at radius 1 is 1.21 bits per heavy atom. The van der Waals surface area contributed by atoms with Crippen molar-refractivity contribution in [3.8, 4) is 0 Å². The van der Waals surface area contributed by atoms with Crippen molar-refractivity contribution in [1.29, 1.82) is 0 Å². The third kappa shape index (κ3) is 2.76. The van der Waals surface area contributed by atoms with E-state index in [9.17, 15) is 9.59 Å². The molecule has 0 fully saturated rings. The van der Waals surface area contributed by atoms with Crippen molar-refractivity contribution in [3.05, 3.63) is 41.7 Å². The van der Waals surface area contributed by atoms with Crippen molar-refractivity contribution in [3.63, 3.8) is 0 Å². The van der Waals surface area contributed by atoms with Crippen LogP contribution in [0.4, 0.5) is 5.95 Å². The van der Waals surface area contributed by atoms with Gasteiger partial charge in [0.1, 0.15) is 6.33 Å². The van der Waals surface area contributed by atoms with Gasteiger partial charge in [-0.25, -0.2) is 0 Å². The van der Waals surface area contributed by atoms with Crippen molar-refractivity contribution < 1.29 is 9.59 Å². The normalized spacial score (nSPS) is 10.0. The average molecular weight is 259 g/mol. The van der Waals surface area contributed by atoms with E-state index in [1.54, 1.807) is 29.8 Å². The monoisotopic (exact) mass is 259 g/mol. The van der Waals surface area contributed by atoms with E-state index in [2.05, 4.69) is 20.8 Å². The Bertz CT molecular complexity index is 620. The first-order valence-electron chi connectivity index (χ1n) is 5.59. The zero-order chi connectivity index (χ0) is 13.8. The van der Waals surface area contributed by atoms with Crippen LogP contribution in [0.5, 0.6) is 0 Å². The summed E-state index contributed by atoms with van der Waals surface area (Å²) in [7, 11) is 3.26. The summed E-state index contributed by atoms with van der Waals surface area (Å²) in [5, 5.41) is 12.5. The van der Waals surface area contributed by atoms with E-state index in [1.807, 2.05) is 0 Å². The number of aryl methyl sites for hydroxylation is 1. The zero-order valence-corrected chi connectivity index (χ0v) is 10.5. The van der Waals surface area contributed by atoms with Crippen molar-refractivity contribution >= 4 is 17.8 Å². The molecule has 1 aromatic heterocycles. The molecule has 1 aromatic carbocycles. The minimum Gasteiger partial charge on any atom is -0.355 e. The maximum Gasteiger partial charge on any atom is 0.258 e. The van der Waals surface area contributed by atoms with Gasteiger partial charge in [-0.05, 0) is 18.2 Å². The SMILES string of the molecule is CNC(=O)c1cccc(C(=O)Nc2nncn2C)c1. The van der Waals surface area contributed by atoms with Crippen LogP contribution >= 0.6 is 0 Å². The average Bonchev–Trinajstić information content (AvgIpc) is 2.83. The summed E-state index contributed by atoms with van der Waals surface area (Å²) in [6, 6.07) is 6.43. The van der Waals surface area contributed by atoms with Crippen LogP contribution in [-0.2, 0) is 7.05 Å². The number of amides is 2. The quantitative estimate of drug-likeness (QED) is 0.836. The second-order valence-corrected chi connectivity index (χ2v) is 3.88. The molecule has 0 aliphatic carbocycles. The van der Waals surface area contributed by atoms with Gasteiger partial charge in [0.25, 0.3) is 11.8 Å². The Kier molecular flexibility index (Phi) is 3.56. The highest BCUT2D eigenvalue weighted by atomic mass is 16.2. The van der Waals surface area contributed by atoms with Crippen LogP contribution in [-0.4, -0.2) is 33.6 Å². The van der Waals surface area contributed by atoms with Crippen LogP contribution in [0.15, 0.2) is 30.6 Å². The van der Waals surface area contributed by atoms with Gasteiger partial charge in [-0.15, -0.1) is 10.2 Å².